The van der Waals surface area contributed by atoms with E-state index in [1.54, 1.807) is 11.3 Å². The molecule has 16 heavy (non-hydrogen) atoms. The van der Waals surface area contributed by atoms with Crippen molar-refractivity contribution in [3.63, 3.8) is 0 Å². The number of nitrogens with zero attached hydrogens (tertiary/aromatic N) is 1. The highest BCUT2D eigenvalue weighted by Crippen LogP contribution is 2.22. The smallest absolute Gasteiger partial charge is 0.210 e. The van der Waals surface area contributed by atoms with Crippen molar-refractivity contribution in [2.75, 3.05) is 12.3 Å². The second kappa shape index (κ2) is 5.22. The molecule has 1 atom stereocenters. The van der Waals surface area contributed by atoms with Gasteiger partial charge in [-0.25, -0.2) is 18.5 Å². The number of hydrogen-bond acceptors (Lipinski definition) is 5. The topological polar surface area (TPSA) is 85.1 Å². The second-order valence-corrected chi connectivity index (χ2v) is 6.86. The summed E-state index contributed by atoms with van der Waals surface area (Å²) in [4.78, 5) is 5.56. The molecule has 92 valence electrons. The molecule has 0 radical (unpaired) electrons. The third-order valence-corrected chi connectivity index (χ3v) is 3.86. The van der Waals surface area contributed by atoms with E-state index in [9.17, 15) is 8.42 Å². The number of aromatic nitrogens is 1. The van der Waals surface area contributed by atoms with Crippen LogP contribution in [0.1, 0.15) is 28.5 Å². The normalized spacial score (nSPS) is 14.0. The molecule has 5 nitrogen and oxygen atoms in total. The van der Waals surface area contributed by atoms with Gasteiger partial charge in [-0.1, -0.05) is 0 Å². The maximum Gasteiger partial charge on any atom is 0.210 e. The Hall–Kier alpha value is -0.500. The van der Waals surface area contributed by atoms with Gasteiger partial charge in [0, 0.05) is 17.5 Å². The van der Waals surface area contributed by atoms with Crippen LogP contribution in [0.25, 0.3) is 0 Å². The summed E-state index contributed by atoms with van der Waals surface area (Å²) in [6.07, 6.45) is 0. The first-order valence-corrected chi connectivity index (χ1v) is 7.50. The Morgan fingerprint density at radius 2 is 2.12 bits per heavy atom. The lowest BCUT2D eigenvalue weighted by molar-refractivity contribution is 0.565. The first kappa shape index (κ1) is 13.6. The Morgan fingerprint density at radius 1 is 1.50 bits per heavy atom. The van der Waals surface area contributed by atoms with Crippen molar-refractivity contribution >= 4 is 21.4 Å². The number of aryl methyl sites for hydroxylation is 2. The molecule has 3 N–H and O–H groups in total. The van der Waals surface area contributed by atoms with E-state index >= 15 is 0 Å². The molecule has 0 aromatic carbocycles. The van der Waals surface area contributed by atoms with Gasteiger partial charge in [-0.05, 0) is 20.8 Å². The summed E-state index contributed by atoms with van der Waals surface area (Å²) in [5, 5.41) is 9.03. The van der Waals surface area contributed by atoms with Crippen LogP contribution in [0.2, 0.25) is 0 Å². The molecule has 0 amide bonds. The quantitative estimate of drug-likeness (QED) is 0.819. The van der Waals surface area contributed by atoms with Crippen molar-refractivity contribution in [2.24, 2.45) is 5.14 Å². The van der Waals surface area contributed by atoms with E-state index in [1.807, 2.05) is 20.8 Å². The van der Waals surface area contributed by atoms with Crippen LogP contribution in [0.4, 0.5) is 0 Å². The van der Waals surface area contributed by atoms with Crippen LogP contribution in [0.5, 0.6) is 0 Å². The molecule has 0 spiro atoms. The fourth-order valence-electron chi connectivity index (χ4n) is 1.46. The fraction of sp³-hybridized carbons (Fsp3) is 0.667. The van der Waals surface area contributed by atoms with E-state index in [0.717, 1.165) is 15.6 Å². The molecule has 0 bridgehead atoms. The van der Waals surface area contributed by atoms with Gasteiger partial charge in [0.1, 0.15) is 0 Å². The summed E-state index contributed by atoms with van der Waals surface area (Å²) in [7, 11) is -3.39. The van der Waals surface area contributed by atoms with Crippen LogP contribution in [0, 0.1) is 13.8 Å². The van der Waals surface area contributed by atoms with E-state index in [1.165, 1.54) is 0 Å². The maximum atomic E-state index is 10.7. The minimum atomic E-state index is -3.39. The van der Waals surface area contributed by atoms with Gasteiger partial charge < -0.3 is 5.32 Å². The third kappa shape index (κ3) is 4.17. The molecule has 1 heterocycles. The van der Waals surface area contributed by atoms with Gasteiger partial charge >= 0.3 is 0 Å². The third-order valence-electron chi connectivity index (χ3n) is 2.19. The molecule has 0 saturated heterocycles. The number of rotatable bonds is 5. The highest BCUT2D eigenvalue weighted by atomic mass is 32.2. The molecule has 1 aromatic rings. The summed E-state index contributed by atoms with van der Waals surface area (Å²) in [5.74, 6) is -0.0560. The molecule has 1 unspecified atom stereocenters. The average Bonchev–Trinajstić information content (AvgIpc) is 2.43. The summed E-state index contributed by atoms with van der Waals surface area (Å²) in [6.45, 7) is 6.27. The second-order valence-electron chi connectivity index (χ2n) is 3.72. The van der Waals surface area contributed by atoms with Gasteiger partial charge in [0.15, 0.2) is 0 Å². The van der Waals surface area contributed by atoms with Crippen molar-refractivity contribution in [3.05, 3.63) is 15.6 Å². The van der Waals surface area contributed by atoms with Gasteiger partial charge in [0.2, 0.25) is 10.0 Å². The predicted octanol–water partition coefficient (Wildman–Crippen LogP) is 0.699. The van der Waals surface area contributed by atoms with Gasteiger partial charge in [0.25, 0.3) is 0 Å². The van der Waals surface area contributed by atoms with Crippen LogP contribution in [-0.2, 0) is 10.0 Å². The van der Waals surface area contributed by atoms with Gasteiger partial charge in [-0.3, -0.25) is 0 Å². The molecule has 0 saturated carbocycles. The highest BCUT2D eigenvalue weighted by molar-refractivity contribution is 7.89. The summed E-state index contributed by atoms with van der Waals surface area (Å²) < 4.78 is 21.5. The molecular weight excluding hydrogens is 246 g/mol. The summed E-state index contributed by atoms with van der Waals surface area (Å²) in [5.41, 5.74) is 0.983. The van der Waals surface area contributed by atoms with Crippen LogP contribution in [0.3, 0.4) is 0 Å². The van der Waals surface area contributed by atoms with E-state index in [4.69, 9.17) is 5.14 Å². The zero-order chi connectivity index (χ0) is 12.3. The van der Waals surface area contributed by atoms with Crippen LogP contribution in [-0.4, -0.2) is 25.7 Å². The van der Waals surface area contributed by atoms with Crippen molar-refractivity contribution < 1.29 is 8.42 Å². The van der Waals surface area contributed by atoms with Crippen LogP contribution < -0.4 is 10.5 Å². The average molecular weight is 263 g/mol. The predicted molar refractivity (Wildman–Crippen MR) is 66.0 cm³/mol. The standard InChI is InChI=1S/C9H17N3O2S2/c1-6(11-4-5-16(10,13)14)9-7(2)15-8(3)12-9/h6,11H,4-5H2,1-3H3,(H2,10,13,14). The molecule has 0 fully saturated rings. The molecular formula is C9H17N3O2S2. The minimum absolute atomic E-state index is 0.0479. The molecule has 0 aliphatic rings. The lowest BCUT2D eigenvalue weighted by Crippen LogP contribution is -2.29. The van der Waals surface area contributed by atoms with E-state index in [0.29, 0.717) is 6.54 Å². The van der Waals surface area contributed by atoms with Crippen LogP contribution in [0.15, 0.2) is 0 Å². The van der Waals surface area contributed by atoms with Crippen LogP contribution >= 0.6 is 11.3 Å². The Labute approximate surface area is 100 Å². The van der Waals surface area contributed by atoms with Crippen molar-refractivity contribution in [3.8, 4) is 0 Å². The van der Waals surface area contributed by atoms with Crippen molar-refractivity contribution in [1.29, 1.82) is 0 Å². The largest absolute Gasteiger partial charge is 0.308 e. The van der Waals surface area contributed by atoms with E-state index in [2.05, 4.69) is 10.3 Å². The van der Waals surface area contributed by atoms with Crippen molar-refractivity contribution in [1.82, 2.24) is 10.3 Å². The summed E-state index contributed by atoms with van der Waals surface area (Å²) >= 11 is 1.64. The molecule has 7 heteroatoms. The number of thiazole rings is 1. The first-order chi connectivity index (χ1) is 7.29. The zero-order valence-electron chi connectivity index (χ0n) is 9.65. The van der Waals surface area contributed by atoms with Gasteiger partial charge in [-0.2, -0.15) is 0 Å². The molecule has 1 aromatic heterocycles. The summed E-state index contributed by atoms with van der Waals surface area (Å²) in [6, 6.07) is 0.0479. The Kier molecular flexibility index (Phi) is 4.43. The number of nitrogens with two attached hydrogens (primary N) is 1. The van der Waals surface area contributed by atoms with E-state index < -0.39 is 10.0 Å². The fourth-order valence-corrected chi connectivity index (χ4v) is 2.78. The number of hydrogen-bond donors (Lipinski definition) is 2. The zero-order valence-corrected chi connectivity index (χ0v) is 11.3. The Morgan fingerprint density at radius 3 is 2.56 bits per heavy atom. The highest BCUT2D eigenvalue weighted by Gasteiger charge is 2.13. The van der Waals surface area contributed by atoms with Gasteiger partial charge in [0.05, 0.1) is 16.5 Å². The molecule has 0 aliphatic carbocycles. The molecule has 0 aliphatic heterocycles. The SMILES string of the molecule is Cc1nc(C(C)NCCS(N)(=O)=O)c(C)s1. The number of primary sulfonamides is 1. The van der Waals surface area contributed by atoms with E-state index in [-0.39, 0.29) is 11.8 Å². The minimum Gasteiger partial charge on any atom is -0.308 e. The first-order valence-electron chi connectivity index (χ1n) is 4.97. The number of sulfonamides is 1. The lowest BCUT2D eigenvalue weighted by atomic mass is 10.2. The van der Waals surface area contributed by atoms with Gasteiger partial charge in [-0.15, -0.1) is 11.3 Å². The Balaban J connectivity index is 2.53. The monoisotopic (exact) mass is 263 g/mol. The van der Waals surface area contributed by atoms with Crippen molar-refractivity contribution in [2.45, 2.75) is 26.8 Å². The Bertz CT molecular complexity index is 453. The lowest BCUT2D eigenvalue weighted by Gasteiger charge is -2.11. The number of nitrogens with one attached hydrogen (secondary N) is 1. The maximum absolute atomic E-state index is 10.7. The molecule has 1 rings (SSSR count).